The van der Waals surface area contributed by atoms with Crippen molar-refractivity contribution in [3.8, 4) is 5.75 Å². The van der Waals surface area contributed by atoms with Gasteiger partial charge >= 0.3 is 0 Å². The summed E-state index contributed by atoms with van der Waals surface area (Å²) in [5.74, 6) is 0.697. The summed E-state index contributed by atoms with van der Waals surface area (Å²) in [5, 5.41) is 9.02. The van der Waals surface area contributed by atoms with Crippen LogP contribution in [0.25, 0.3) is 0 Å². The minimum Gasteiger partial charge on any atom is -0.487 e. The lowest BCUT2D eigenvalue weighted by atomic mass is 9.58. The number of hydrogen-bond donors (Lipinski definition) is 1. The fourth-order valence-corrected chi connectivity index (χ4v) is 6.13. The molecule has 1 saturated carbocycles. The number of aliphatic hydroxyl groups excluding tert-OH is 1. The summed E-state index contributed by atoms with van der Waals surface area (Å²) in [6.07, 6.45) is 4.80. The van der Waals surface area contributed by atoms with Crippen LogP contribution in [0.3, 0.4) is 0 Å². The van der Waals surface area contributed by atoms with E-state index >= 15 is 0 Å². The third-order valence-corrected chi connectivity index (χ3v) is 7.93. The summed E-state index contributed by atoms with van der Waals surface area (Å²) in [7, 11) is 0. The van der Waals surface area contributed by atoms with E-state index in [1.165, 1.54) is 12.3 Å². The van der Waals surface area contributed by atoms with E-state index in [0.717, 1.165) is 25.7 Å². The highest BCUT2D eigenvalue weighted by atomic mass is 17.3. The normalized spacial score (nSPS) is 41.9. The molecule has 4 aliphatic heterocycles. The van der Waals surface area contributed by atoms with Gasteiger partial charge in [-0.1, -0.05) is 13.8 Å². The minimum atomic E-state index is -0.802. The number of hydrogen-bond acceptors (Lipinski definition) is 9. The van der Waals surface area contributed by atoms with E-state index in [1.54, 1.807) is 0 Å². The first-order valence-electron chi connectivity index (χ1n) is 12.0. The zero-order valence-corrected chi connectivity index (χ0v) is 19.5. The van der Waals surface area contributed by atoms with Gasteiger partial charge in [-0.3, -0.25) is 4.79 Å². The van der Waals surface area contributed by atoms with Gasteiger partial charge in [0.25, 0.3) is 0 Å². The van der Waals surface area contributed by atoms with E-state index in [1.807, 2.05) is 6.92 Å². The van der Waals surface area contributed by atoms with Crippen molar-refractivity contribution in [2.45, 2.75) is 83.5 Å². The average molecular weight is 467 g/mol. The summed E-state index contributed by atoms with van der Waals surface area (Å²) < 4.78 is 29.5. The second-order valence-electron chi connectivity index (χ2n) is 10.1. The van der Waals surface area contributed by atoms with Crippen molar-refractivity contribution >= 4 is 0 Å². The zero-order chi connectivity index (χ0) is 23.2. The molecule has 0 unspecified atom stereocenters. The zero-order valence-electron chi connectivity index (χ0n) is 19.5. The molecule has 1 spiro atoms. The second-order valence-corrected chi connectivity index (χ2v) is 10.1. The molecule has 33 heavy (non-hydrogen) atoms. The largest absolute Gasteiger partial charge is 0.487 e. The van der Waals surface area contributed by atoms with Crippen molar-refractivity contribution in [1.29, 1.82) is 0 Å². The van der Waals surface area contributed by atoms with Crippen LogP contribution in [-0.2, 0) is 30.6 Å². The average Bonchev–Trinajstić information content (AvgIpc) is 3.03. The van der Waals surface area contributed by atoms with E-state index in [0.29, 0.717) is 31.5 Å². The van der Waals surface area contributed by atoms with Crippen molar-refractivity contribution in [3.05, 3.63) is 28.3 Å². The molecule has 1 aromatic heterocycles. The lowest BCUT2D eigenvalue weighted by Gasteiger charge is -2.60. The fourth-order valence-electron chi connectivity index (χ4n) is 6.13. The highest BCUT2D eigenvalue weighted by Gasteiger charge is 2.69. The van der Waals surface area contributed by atoms with Gasteiger partial charge in [0.2, 0.25) is 17.0 Å². The van der Waals surface area contributed by atoms with E-state index in [2.05, 4.69) is 13.8 Å². The quantitative estimate of drug-likeness (QED) is 0.479. The van der Waals surface area contributed by atoms with Crippen molar-refractivity contribution in [1.82, 2.24) is 0 Å². The molecule has 1 aliphatic carbocycles. The highest BCUT2D eigenvalue weighted by Crippen LogP contribution is 2.60. The Bertz CT molecular complexity index is 902. The molecule has 5 aliphatic rings. The van der Waals surface area contributed by atoms with Crippen LogP contribution in [0.15, 0.2) is 21.5 Å². The van der Waals surface area contributed by atoms with Gasteiger partial charge in [0.1, 0.15) is 18.6 Å². The first-order chi connectivity index (χ1) is 15.9. The molecule has 0 radical (unpaired) electrons. The summed E-state index contributed by atoms with van der Waals surface area (Å²) in [6, 6.07) is 1.23. The maximum absolute atomic E-state index is 11.9. The van der Waals surface area contributed by atoms with Crippen molar-refractivity contribution < 1.29 is 38.2 Å². The van der Waals surface area contributed by atoms with E-state index in [-0.39, 0.29) is 35.4 Å². The van der Waals surface area contributed by atoms with Gasteiger partial charge < -0.3 is 28.5 Å². The number of rotatable bonds is 7. The Labute approximate surface area is 193 Å². The third kappa shape index (κ3) is 4.02. The Kier molecular flexibility index (Phi) is 6.30. The van der Waals surface area contributed by atoms with E-state index in [9.17, 15) is 4.79 Å². The Balaban J connectivity index is 1.20. The van der Waals surface area contributed by atoms with E-state index in [4.69, 9.17) is 38.2 Å². The van der Waals surface area contributed by atoms with Gasteiger partial charge in [-0.15, -0.1) is 0 Å². The predicted octanol–water partition coefficient (Wildman–Crippen LogP) is 3.13. The van der Waals surface area contributed by atoms with Crippen molar-refractivity contribution in [2.24, 2.45) is 23.7 Å². The van der Waals surface area contributed by atoms with Gasteiger partial charge in [0.15, 0.2) is 18.2 Å². The molecule has 1 aromatic rings. The Morgan fingerprint density at radius 1 is 1.15 bits per heavy atom. The SMILES string of the molecule is C[C@H]1[C@@H](OCCCOc2coc(CO)cc2=O)O[C@@H]2O[C@@]3(C)CC[C@H]4[C@H](C)CC[C@@H]1[C@@]24OO3. The lowest BCUT2D eigenvalue weighted by molar-refractivity contribution is -0.577. The molecular formula is C24H34O9. The summed E-state index contributed by atoms with van der Waals surface area (Å²) in [6.45, 7) is 6.74. The molecule has 1 N–H and O–H groups in total. The minimum absolute atomic E-state index is 0.116. The molecule has 0 aromatic carbocycles. The van der Waals surface area contributed by atoms with E-state index < -0.39 is 24.0 Å². The molecule has 0 amide bonds. The Morgan fingerprint density at radius 3 is 2.79 bits per heavy atom. The molecule has 5 heterocycles. The van der Waals surface area contributed by atoms with Crippen LogP contribution < -0.4 is 10.2 Å². The lowest BCUT2D eigenvalue weighted by Crippen LogP contribution is -2.70. The van der Waals surface area contributed by atoms with Gasteiger partial charge in [-0.05, 0) is 38.0 Å². The number of ether oxygens (including phenoxy) is 4. The van der Waals surface area contributed by atoms with Crippen LogP contribution in [0.4, 0.5) is 0 Å². The summed E-state index contributed by atoms with van der Waals surface area (Å²) in [4.78, 5) is 23.9. The maximum atomic E-state index is 11.9. The van der Waals surface area contributed by atoms with Gasteiger partial charge in [-0.25, -0.2) is 9.78 Å². The highest BCUT2D eigenvalue weighted by molar-refractivity contribution is 5.17. The van der Waals surface area contributed by atoms with Gasteiger partial charge in [-0.2, -0.15) is 0 Å². The smallest absolute Gasteiger partial charge is 0.227 e. The van der Waals surface area contributed by atoms with Crippen LogP contribution >= 0.6 is 0 Å². The van der Waals surface area contributed by atoms with Crippen LogP contribution in [0.2, 0.25) is 0 Å². The third-order valence-electron chi connectivity index (χ3n) is 7.93. The van der Waals surface area contributed by atoms with Crippen molar-refractivity contribution in [3.63, 3.8) is 0 Å². The Hall–Kier alpha value is -1.49. The molecule has 6 rings (SSSR count). The maximum Gasteiger partial charge on any atom is 0.227 e. The standard InChI is InChI=1S/C24H34O9/c1-14-5-6-18-15(2)21(28-10-4-9-27-20-13-29-16(12-25)11-19(20)26)30-22-24(18)17(14)7-8-23(3,31-22)32-33-24/h11,13-15,17-18,21-22,25H,4-10,12H2,1-3H3/t14-,15-,17+,18+,21+,22-,23-,24-/m1/s1. The summed E-state index contributed by atoms with van der Waals surface area (Å²) >= 11 is 0. The molecule has 184 valence electrons. The molecule has 2 bridgehead atoms. The molecular weight excluding hydrogens is 432 g/mol. The first kappa shape index (κ1) is 23.3. The number of fused-ring (bicyclic) bond motifs is 2. The van der Waals surface area contributed by atoms with Crippen LogP contribution in [0.1, 0.15) is 58.6 Å². The van der Waals surface area contributed by atoms with Crippen LogP contribution in [0, 0.1) is 23.7 Å². The molecule has 9 heteroatoms. The molecule has 8 atom stereocenters. The molecule has 5 fully saturated rings. The molecule has 4 saturated heterocycles. The van der Waals surface area contributed by atoms with Crippen LogP contribution in [-0.4, -0.2) is 42.3 Å². The van der Waals surface area contributed by atoms with Gasteiger partial charge in [0.05, 0.1) is 13.2 Å². The second kappa shape index (κ2) is 8.94. The first-order valence-corrected chi connectivity index (χ1v) is 12.0. The predicted molar refractivity (Wildman–Crippen MR) is 114 cm³/mol. The summed E-state index contributed by atoms with van der Waals surface area (Å²) in [5.41, 5.74) is -0.914. The number of aliphatic hydroxyl groups is 1. The van der Waals surface area contributed by atoms with Crippen molar-refractivity contribution in [2.75, 3.05) is 13.2 Å². The fraction of sp³-hybridized carbons (Fsp3) is 0.792. The molecule has 9 nitrogen and oxygen atoms in total. The topological polar surface area (TPSA) is 106 Å². The van der Waals surface area contributed by atoms with Crippen LogP contribution in [0.5, 0.6) is 5.75 Å². The van der Waals surface area contributed by atoms with Gasteiger partial charge in [0, 0.05) is 30.7 Å². The monoisotopic (exact) mass is 466 g/mol. The Morgan fingerprint density at radius 2 is 2.00 bits per heavy atom.